The van der Waals surface area contributed by atoms with Crippen LogP contribution in [0.15, 0.2) is 30.3 Å². The molecule has 0 aliphatic heterocycles. The minimum absolute atomic E-state index is 0.0358. The van der Waals surface area contributed by atoms with Crippen molar-refractivity contribution >= 4 is 5.91 Å². The van der Waals surface area contributed by atoms with Crippen molar-refractivity contribution in [3.05, 3.63) is 30.3 Å². The van der Waals surface area contributed by atoms with Gasteiger partial charge in [0.2, 0.25) is 5.91 Å². The van der Waals surface area contributed by atoms with Crippen LogP contribution < -0.4 is 15.4 Å². The topological polar surface area (TPSA) is 53.6 Å². The zero-order valence-electron chi connectivity index (χ0n) is 12.4. The number of carbonyl (C=O) groups excluding carboxylic acids is 1. The van der Waals surface area contributed by atoms with Gasteiger partial charge in [-0.3, -0.25) is 9.69 Å². The highest BCUT2D eigenvalue weighted by Crippen LogP contribution is 2.07. The van der Waals surface area contributed by atoms with Crippen LogP contribution in [0.5, 0.6) is 5.75 Å². The number of nitrogens with zero attached hydrogens (tertiary/aromatic N) is 1. The number of para-hydroxylation sites is 1. The normalized spacial score (nSPS) is 10.6. The molecule has 0 heterocycles. The molecule has 0 saturated carbocycles. The lowest BCUT2D eigenvalue weighted by atomic mass is 10.3. The summed E-state index contributed by atoms with van der Waals surface area (Å²) in [4.78, 5) is 13.7. The highest BCUT2D eigenvalue weighted by molar-refractivity contribution is 5.77. The average Bonchev–Trinajstić information content (AvgIpc) is 2.45. The molecule has 112 valence electrons. The Hall–Kier alpha value is -1.59. The quantitative estimate of drug-likeness (QED) is 0.620. The molecule has 1 rings (SSSR count). The average molecular weight is 279 g/mol. The van der Waals surface area contributed by atoms with E-state index in [2.05, 4.69) is 10.6 Å². The van der Waals surface area contributed by atoms with Crippen molar-refractivity contribution in [2.75, 3.05) is 46.9 Å². The van der Waals surface area contributed by atoms with Crippen LogP contribution in [0, 0.1) is 0 Å². The number of benzene rings is 1. The summed E-state index contributed by atoms with van der Waals surface area (Å²) in [6.45, 7) is 3.32. The van der Waals surface area contributed by atoms with Gasteiger partial charge in [0.05, 0.1) is 13.1 Å². The standard InChI is InChI=1S/C15H25N3O2/c1-16-9-6-11-18(2)13-15(19)17-10-12-20-14-7-4-3-5-8-14/h3-5,7-8,16H,6,9-13H2,1-2H3,(H,17,19). The first-order valence-electron chi connectivity index (χ1n) is 7.00. The first-order valence-corrected chi connectivity index (χ1v) is 7.00. The Balaban J connectivity index is 2.05. The van der Waals surface area contributed by atoms with Crippen LogP contribution >= 0.6 is 0 Å². The molecule has 1 aromatic rings. The molecule has 0 saturated heterocycles. The molecule has 1 aromatic carbocycles. The number of hydrogen-bond acceptors (Lipinski definition) is 4. The highest BCUT2D eigenvalue weighted by Gasteiger charge is 2.05. The number of nitrogens with one attached hydrogen (secondary N) is 2. The first-order chi connectivity index (χ1) is 9.72. The van der Waals surface area contributed by atoms with Crippen molar-refractivity contribution in [2.24, 2.45) is 0 Å². The van der Waals surface area contributed by atoms with E-state index >= 15 is 0 Å². The summed E-state index contributed by atoms with van der Waals surface area (Å²) in [5, 5.41) is 5.94. The van der Waals surface area contributed by atoms with Crippen LogP contribution in [-0.4, -0.2) is 57.7 Å². The van der Waals surface area contributed by atoms with Gasteiger partial charge in [-0.25, -0.2) is 0 Å². The van der Waals surface area contributed by atoms with Crippen LogP contribution in [0.25, 0.3) is 0 Å². The maximum absolute atomic E-state index is 11.7. The third-order valence-electron chi connectivity index (χ3n) is 2.82. The van der Waals surface area contributed by atoms with E-state index in [0.29, 0.717) is 19.7 Å². The lowest BCUT2D eigenvalue weighted by Gasteiger charge is -2.16. The zero-order chi connectivity index (χ0) is 14.6. The van der Waals surface area contributed by atoms with Gasteiger partial charge in [-0.15, -0.1) is 0 Å². The number of rotatable bonds is 10. The second-order valence-electron chi connectivity index (χ2n) is 4.71. The summed E-state index contributed by atoms with van der Waals surface area (Å²) in [7, 11) is 3.88. The molecule has 0 fully saturated rings. The van der Waals surface area contributed by atoms with Gasteiger partial charge < -0.3 is 15.4 Å². The number of hydrogen-bond donors (Lipinski definition) is 2. The second kappa shape index (κ2) is 10.2. The Bertz CT molecular complexity index is 371. The van der Waals surface area contributed by atoms with Gasteiger partial charge in [0.1, 0.15) is 12.4 Å². The van der Waals surface area contributed by atoms with Gasteiger partial charge in [-0.2, -0.15) is 0 Å². The number of amides is 1. The molecule has 2 N–H and O–H groups in total. The summed E-state index contributed by atoms with van der Waals surface area (Å²) in [5.41, 5.74) is 0. The van der Waals surface area contributed by atoms with E-state index in [1.165, 1.54) is 0 Å². The number of carbonyl (C=O) groups is 1. The molecule has 0 aromatic heterocycles. The molecule has 0 atom stereocenters. The summed E-state index contributed by atoms with van der Waals surface area (Å²) >= 11 is 0. The Kier molecular flexibility index (Phi) is 8.42. The molecule has 1 amide bonds. The Morgan fingerprint density at radius 1 is 1.25 bits per heavy atom. The summed E-state index contributed by atoms with van der Waals surface area (Å²) in [5.74, 6) is 0.861. The minimum Gasteiger partial charge on any atom is -0.492 e. The zero-order valence-corrected chi connectivity index (χ0v) is 12.4. The van der Waals surface area contributed by atoms with Crippen molar-refractivity contribution < 1.29 is 9.53 Å². The van der Waals surface area contributed by atoms with Crippen molar-refractivity contribution in [3.8, 4) is 5.75 Å². The summed E-state index contributed by atoms with van der Waals surface area (Å²) in [6, 6.07) is 9.59. The molecule has 0 bridgehead atoms. The van der Waals surface area contributed by atoms with E-state index in [0.717, 1.165) is 25.3 Å². The van der Waals surface area contributed by atoms with Crippen LogP contribution in [0.4, 0.5) is 0 Å². The third-order valence-corrected chi connectivity index (χ3v) is 2.82. The maximum atomic E-state index is 11.7. The van der Waals surface area contributed by atoms with Gasteiger partial charge in [0.25, 0.3) is 0 Å². The molecule has 5 heteroatoms. The predicted molar refractivity (Wildman–Crippen MR) is 81.0 cm³/mol. The summed E-state index contributed by atoms with van der Waals surface area (Å²) in [6.07, 6.45) is 1.04. The molecule has 0 unspecified atom stereocenters. The Morgan fingerprint density at radius 3 is 2.70 bits per heavy atom. The van der Waals surface area contributed by atoms with Crippen molar-refractivity contribution in [3.63, 3.8) is 0 Å². The number of ether oxygens (including phenoxy) is 1. The van der Waals surface area contributed by atoms with E-state index in [9.17, 15) is 4.79 Å². The lowest BCUT2D eigenvalue weighted by Crippen LogP contribution is -2.37. The van der Waals surface area contributed by atoms with E-state index in [1.54, 1.807) is 0 Å². The molecule has 0 spiro atoms. The Labute approximate surface area is 121 Å². The first kappa shape index (κ1) is 16.5. The van der Waals surface area contributed by atoms with Crippen molar-refractivity contribution in [1.82, 2.24) is 15.5 Å². The SMILES string of the molecule is CNCCCN(C)CC(=O)NCCOc1ccccc1. The Morgan fingerprint density at radius 2 is 2.00 bits per heavy atom. The smallest absolute Gasteiger partial charge is 0.234 e. The van der Waals surface area contributed by atoms with Crippen LogP contribution in [0.1, 0.15) is 6.42 Å². The van der Waals surface area contributed by atoms with Crippen LogP contribution in [0.2, 0.25) is 0 Å². The van der Waals surface area contributed by atoms with Crippen molar-refractivity contribution in [2.45, 2.75) is 6.42 Å². The van der Waals surface area contributed by atoms with E-state index in [1.807, 2.05) is 49.3 Å². The lowest BCUT2D eigenvalue weighted by molar-refractivity contribution is -0.122. The van der Waals surface area contributed by atoms with Gasteiger partial charge in [0.15, 0.2) is 0 Å². The van der Waals surface area contributed by atoms with Gasteiger partial charge in [-0.1, -0.05) is 18.2 Å². The fraction of sp³-hybridized carbons (Fsp3) is 0.533. The second-order valence-corrected chi connectivity index (χ2v) is 4.71. The van der Waals surface area contributed by atoms with E-state index in [4.69, 9.17) is 4.74 Å². The number of likely N-dealkylation sites (N-methyl/N-ethyl adjacent to an activating group) is 1. The minimum atomic E-state index is 0.0358. The largest absolute Gasteiger partial charge is 0.492 e. The molecule has 0 aliphatic carbocycles. The molecular weight excluding hydrogens is 254 g/mol. The highest BCUT2D eigenvalue weighted by atomic mass is 16.5. The van der Waals surface area contributed by atoms with Crippen LogP contribution in [-0.2, 0) is 4.79 Å². The predicted octanol–water partition coefficient (Wildman–Crippen LogP) is 0.723. The molecule has 0 radical (unpaired) electrons. The van der Waals surface area contributed by atoms with E-state index < -0.39 is 0 Å². The molecule has 0 aliphatic rings. The van der Waals surface area contributed by atoms with E-state index in [-0.39, 0.29) is 5.91 Å². The van der Waals surface area contributed by atoms with Crippen molar-refractivity contribution in [1.29, 1.82) is 0 Å². The van der Waals surface area contributed by atoms with Gasteiger partial charge >= 0.3 is 0 Å². The fourth-order valence-corrected chi connectivity index (χ4v) is 1.78. The fourth-order valence-electron chi connectivity index (χ4n) is 1.78. The third kappa shape index (κ3) is 7.76. The van der Waals surface area contributed by atoms with Gasteiger partial charge in [0, 0.05) is 0 Å². The summed E-state index contributed by atoms with van der Waals surface area (Å²) < 4.78 is 5.50. The molecular formula is C15H25N3O2. The van der Waals surface area contributed by atoms with Gasteiger partial charge in [-0.05, 0) is 45.7 Å². The molecule has 5 nitrogen and oxygen atoms in total. The maximum Gasteiger partial charge on any atom is 0.234 e. The molecule has 20 heavy (non-hydrogen) atoms. The monoisotopic (exact) mass is 279 g/mol. The van der Waals surface area contributed by atoms with Crippen LogP contribution in [0.3, 0.4) is 0 Å².